The summed E-state index contributed by atoms with van der Waals surface area (Å²) in [5.74, 6) is -0.152. The van der Waals surface area contributed by atoms with Crippen molar-refractivity contribution in [3.8, 4) is 0 Å². The van der Waals surface area contributed by atoms with E-state index in [4.69, 9.17) is 14.2 Å². The first-order chi connectivity index (χ1) is 13.6. The Morgan fingerprint density at radius 1 is 1.36 bits per heavy atom. The molecule has 1 saturated carbocycles. The van der Waals surface area contributed by atoms with Crippen LogP contribution in [0.1, 0.15) is 25.3 Å². The lowest BCUT2D eigenvalue weighted by Crippen LogP contribution is -2.75. The van der Waals surface area contributed by atoms with Gasteiger partial charge in [0.15, 0.2) is 5.72 Å². The smallest absolute Gasteiger partial charge is 0.310 e. The second kappa shape index (κ2) is 5.38. The van der Waals surface area contributed by atoms with E-state index in [9.17, 15) is 4.79 Å². The molecule has 0 radical (unpaired) electrons. The molecule has 1 spiro atoms. The SMILES string of the molecule is CC=C1CN2C3C[C@@]45c6ccccc6N(COC)[C@]4(O3)[C@H]2C[C@@H]1C5C(=O)OC. The third-order valence-corrected chi connectivity index (χ3v) is 8.09. The van der Waals surface area contributed by atoms with Crippen LogP contribution < -0.4 is 4.90 Å². The minimum atomic E-state index is -0.564. The number of carbonyl (C=O) groups is 1. The van der Waals surface area contributed by atoms with Crippen molar-refractivity contribution in [2.75, 3.05) is 32.4 Å². The van der Waals surface area contributed by atoms with E-state index < -0.39 is 11.1 Å². The highest BCUT2D eigenvalue weighted by Crippen LogP contribution is 2.74. The van der Waals surface area contributed by atoms with Gasteiger partial charge in [0.05, 0.1) is 24.5 Å². The second-order valence-corrected chi connectivity index (χ2v) is 8.70. The van der Waals surface area contributed by atoms with E-state index in [1.807, 2.05) is 0 Å². The summed E-state index contributed by atoms with van der Waals surface area (Å²) in [6.45, 7) is 3.41. The van der Waals surface area contributed by atoms with E-state index in [0.29, 0.717) is 6.73 Å². The molecule has 3 saturated heterocycles. The van der Waals surface area contributed by atoms with Gasteiger partial charge in [-0.2, -0.15) is 0 Å². The molecule has 6 rings (SSSR count). The van der Waals surface area contributed by atoms with Crippen molar-refractivity contribution in [3.63, 3.8) is 0 Å². The maximum atomic E-state index is 13.3. The summed E-state index contributed by atoms with van der Waals surface area (Å²) in [6.07, 6.45) is 3.98. The van der Waals surface area contributed by atoms with Crippen LogP contribution in [0.15, 0.2) is 35.9 Å². The first kappa shape index (κ1) is 17.0. The Morgan fingerprint density at radius 2 is 2.18 bits per heavy atom. The number of para-hydroxylation sites is 1. The van der Waals surface area contributed by atoms with Crippen molar-refractivity contribution < 1.29 is 19.0 Å². The van der Waals surface area contributed by atoms with Crippen LogP contribution in [0.25, 0.3) is 0 Å². The number of ether oxygens (including phenoxy) is 3. The molecule has 4 fully saturated rings. The summed E-state index contributed by atoms with van der Waals surface area (Å²) in [5.41, 5.74) is 2.73. The van der Waals surface area contributed by atoms with Gasteiger partial charge in [0, 0.05) is 25.8 Å². The van der Waals surface area contributed by atoms with Gasteiger partial charge in [0.2, 0.25) is 0 Å². The zero-order valence-corrected chi connectivity index (χ0v) is 16.6. The third-order valence-electron chi connectivity index (χ3n) is 8.09. The van der Waals surface area contributed by atoms with E-state index >= 15 is 0 Å². The molecule has 148 valence electrons. The average Bonchev–Trinajstić information content (AvgIpc) is 3.32. The predicted octanol–water partition coefficient (Wildman–Crippen LogP) is 2.24. The molecule has 4 heterocycles. The van der Waals surface area contributed by atoms with E-state index in [2.05, 4.69) is 47.1 Å². The van der Waals surface area contributed by atoms with Crippen LogP contribution >= 0.6 is 0 Å². The number of fused-ring (bicyclic) bond motifs is 4. The highest BCUT2D eigenvalue weighted by molar-refractivity contribution is 5.82. The molecule has 4 aliphatic heterocycles. The Hall–Kier alpha value is -1.89. The van der Waals surface area contributed by atoms with E-state index in [-0.39, 0.29) is 30.1 Å². The minimum absolute atomic E-state index is 0.0288. The number of hydrogen-bond donors (Lipinski definition) is 0. The van der Waals surface area contributed by atoms with Gasteiger partial charge in [-0.25, -0.2) is 0 Å². The number of nitrogens with zero attached hydrogens (tertiary/aromatic N) is 2. The molecular weight excluding hydrogens is 356 g/mol. The van der Waals surface area contributed by atoms with Crippen LogP contribution in [0, 0.1) is 11.8 Å². The molecule has 1 aromatic carbocycles. The Morgan fingerprint density at radius 3 is 2.93 bits per heavy atom. The van der Waals surface area contributed by atoms with Crippen molar-refractivity contribution in [3.05, 3.63) is 41.5 Å². The Labute approximate surface area is 165 Å². The zero-order chi connectivity index (χ0) is 19.3. The fraction of sp³-hybridized carbons (Fsp3) is 0.591. The number of hydrogen-bond acceptors (Lipinski definition) is 6. The highest BCUT2D eigenvalue weighted by atomic mass is 16.6. The molecule has 0 amide bonds. The van der Waals surface area contributed by atoms with Gasteiger partial charge in [-0.1, -0.05) is 29.8 Å². The van der Waals surface area contributed by atoms with Gasteiger partial charge >= 0.3 is 5.97 Å². The summed E-state index contributed by atoms with van der Waals surface area (Å²) in [4.78, 5) is 18.1. The van der Waals surface area contributed by atoms with Gasteiger partial charge in [0.25, 0.3) is 0 Å². The molecule has 1 aliphatic carbocycles. The van der Waals surface area contributed by atoms with Gasteiger partial charge < -0.3 is 19.1 Å². The molecule has 5 aliphatic rings. The van der Waals surface area contributed by atoms with E-state index in [0.717, 1.165) is 25.1 Å². The van der Waals surface area contributed by atoms with Crippen molar-refractivity contribution in [1.82, 2.24) is 4.90 Å². The van der Waals surface area contributed by atoms with Crippen LogP contribution in [-0.4, -0.2) is 56.4 Å². The summed E-state index contributed by atoms with van der Waals surface area (Å²) in [6, 6.07) is 8.73. The topological polar surface area (TPSA) is 51.2 Å². The normalized spacial score (nSPS) is 43.5. The number of carbonyl (C=O) groups excluding carboxylic acids is 1. The van der Waals surface area contributed by atoms with Crippen LogP contribution in [0.3, 0.4) is 0 Å². The summed E-state index contributed by atoms with van der Waals surface area (Å²) in [7, 11) is 3.24. The van der Waals surface area contributed by atoms with Gasteiger partial charge in [-0.3, -0.25) is 9.69 Å². The van der Waals surface area contributed by atoms with Crippen molar-refractivity contribution in [1.29, 1.82) is 0 Å². The predicted molar refractivity (Wildman–Crippen MR) is 103 cm³/mol. The number of methoxy groups -OCH3 is 2. The molecule has 28 heavy (non-hydrogen) atoms. The number of esters is 1. The van der Waals surface area contributed by atoms with Gasteiger partial charge in [-0.05, 0) is 30.9 Å². The molecule has 6 heteroatoms. The van der Waals surface area contributed by atoms with Crippen molar-refractivity contribution >= 4 is 11.7 Å². The molecule has 2 unspecified atom stereocenters. The van der Waals surface area contributed by atoms with Crippen LogP contribution in [0.4, 0.5) is 5.69 Å². The zero-order valence-electron chi connectivity index (χ0n) is 16.6. The Bertz CT molecular complexity index is 900. The monoisotopic (exact) mass is 382 g/mol. The molecule has 0 N–H and O–H groups in total. The van der Waals surface area contributed by atoms with E-state index in [1.54, 1.807) is 7.11 Å². The molecule has 6 atom stereocenters. The van der Waals surface area contributed by atoms with Gasteiger partial charge in [-0.15, -0.1) is 0 Å². The van der Waals surface area contributed by atoms with Crippen LogP contribution in [0.5, 0.6) is 0 Å². The van der Waals surface area contributed by atoms with Crippen LogP contribution in [0.2, 0.25) is 0 Å². The number of rotatable bonds is 3. The number of anilines is 1. The number of piperidine rings is 2. The summed E-state index contributed by atoms with van der Waals surface area (Å²) >= 11 is 0. The molecular formula is C22H26N2O4. The fourth-order valence-corrected chi connectivity index (χ4v) is 7.34. The molecule has 1 aromatic rings. The minimum Gasteiger partial charge on any atom is -0.469 e. The van der Waals surface area contributed by atoms with Gasteiger partial charge in [0.1, 0.15) is 13.0 Å². The largest absolute Gasteiger partial charge is 0.469 e. The molecule has 0 aromatic heterocycles. The maximum absolute atomic E-state index is 13.3. The second-order valence-electron chi connectivity index (χ2n) is 8.70. The van der Waals surface area contributed by atoms with Crippen molar-refractivity contribution in [2.24, 2.45) is 11.8 Å². The lowest BCUT2D eigenvalue weighted by Gasteiger charge is -2.61. The standard InChI is InChI=1S/C22H26N2O4/c1-4-13-11-23-17-9-14(13)19(20(25)27-3)21-10-18(23)28-22(17,21)24(12-26-2)16-8-6-5-7-15(16)21/h4-8,14,17-19H,9-12H2,1-3H3/t14-,17+,18?,19?,21-,22-/m0/s1. The average molecular weight is 382 g/mol. The fourth-order valence-electron chi connectivity index (χ4n) is 7.34. The first-order valence-corrected chi connectivity index (χ1v) is 10.2. The van der Waals surface area contributed by atoms with Crippen molar-refractivity contribution in [2.45, 2.75) is 43.2 Å². The lowest BCUT2D eigenvalue weighted by atomic mass is 9.49. The Balaban J connectivity index is 1.67. The lowest BCUT2D eigenvalue weighted by molar-refractivity contribution is -0.164. The number of benzene rings is 1. The third kappa shape index (κ3) is 1.55. The van der Waals surface area contributed by atoms with Crippen LogP contribution in [-0.2, 0) is 24.4 Å². The Kier molecular flexibility index (Phi) is 3.27. The number of allylic oxidation sites excluding steroid dienone is 1. The highest BCUT2D eigenvalue weighted by Gasteiger charge is 2.84. The maximum Gasteiger partial charge on any atom is 0.310 e. The quantitative estimate of drug-likeness (QED) is 0.590. The molecule has 6 nitrogen and oxygen atoms in total. The summed E-state index contributed by atoms with van der Waals surface area (Å²) < 4.78 is 17.9. The molecule has 4 bridgehead atoms. The first-order valence-electron chi connectivity index (χ1n) is 10.2. The van der Waals surface area contributed by atoms with E-state index in [1.165, 1.54) is 18.2 Å². The summed E-state index contributed by atoms with van der Waals surface area (Å²) in [5, 5.41) is 0.